The highest BCUT2D eigenvalue weighted by Crippen LogP contribution is 2.36. The summed E-state index contributed by atoms with van der Waals surface area (Å²) in [7, 11) is 0. The topological polar surface area (TPSA) is 50.1 Å². The molecule has 2 rings (SSSR count). The van der Waals surface area contributed by atoms with Crippen LogP contribution in [0.5, 0.6) is 0 Å². The van der Waals surface area contributed by atoms with Crippen molar-refractivity contribution in [1.82, 2.24) is 0 Å². The van der Waals surface area contributed by atoms with E-state index >= 15 is 0 Å². The summed E-state index contributed by atoms with van der Waals surface area (Å²) >= 11 is 0. The molecule has 3 heteroatoms. The van der Waals surface area contributed by atoms with Crippen molar-refractivity contribution in [1.29, 1.82) is 5.26 Å². The van der Waals surface area contributed by atoms with E-state index in [1.807, 2.05) is 0 Å². The fraction of sp³-hybridized carbons (Fsp3) is 0.800. The molecule has 3 atom stereocenters. The minimum absolute atomic E-state index is 0.0158. The lowest BCUT2D eigenvalue weighted by atomic mass is 9.84. The number of carbonyl (C=O) groups excluding carboxylic acids is 1. The molecule has 0 aromatic heterocycles. The van der Waals surface area contributed by atoms with Crippen LogP contribution in [0.15, 0.2) is 0 Å². The summed E-state index contributed by atoms with van der Waals surface area (Å²) in [5, 5.41) is 8.51. The maximum atomic E-state index is 11.5. The Labute approximate surface area is 77.7 Å². The molecular weight excluding hydrogens is 166 g/mol. The molecule has 1 heterocycles. The highest BCUT2D eigenvalue weighted by atomic mass is 16.5. The molecular formula is C10H13NO2. The molecule has 2 aliphatic rings. The van der Waals surface area contributed by atoms with E-state index in [2.05, 4.69) is 6.07 Å². The molecule has 1 saturated heterocycles. The van der Waals surface area contributed by atoms with Crippen LogP contribution < -0.4 is 0 Å². The van der Waals surface area contributed by atoms with Crippen LogP contribution in [0.3, 0.4) is 0 Å². The molecule has 0 spiro atoms. The van der Waals surface area contributed by atoms with Crippen LogP contribution in [0, 0.1) is 17.2 Å². The number of ketones is 1. The zero-order valence-corrected chi connectivity index (χ0v) is 7.53. The van der Waals surface area contributed by atoms with E-state index in [0.29, 0.717) is 18.6 Å². The SMILES string of the molecule is N#CC[C@H]1C[C@@H]2C(=O)CCC[C@H]2O1. The van der Waals surface area contributed by atoms with Gasteiger partial charge in [0.05, 0.1) is 24.7 Å². The number of nitrogens with zero attached hydrogens (tertiary/aromatic N) is 1. The minimum Gasteiger partial charge on any atom is -0.373 e. The Balaban J connectivity index is 2.00. The van der Waals surface area contributed by atoms with E-state index in [-0.39, 0.29) is 18.1 Å². The molecule has 1 saturated carbocycles. The number of hydrogen-bond acceptors (Lipinski definition) is 3. The predicted octanol–water partition coefficient (Wildman–Crippen LogP) is 1.43. The summed E-state index contributed by atoms with van der Waals surface area (Å²) < 4.78 is 5.63. The van der Waals surface area contributed by atoms with Gasteiger partial charge in [0, 0.05) is 12.3 Å². The van der Waals surface area contributed by atoms with Gasteiger partial charge >= 0.3 is 0 Å². The lowest BCUT2D eigenvalue weighted by molar-refractivity contribution is -0.127. The Kier molecular flexibility index (Phi) is 2.32. The molecule has 0 N–H and O–H groups in total. The second-order valence-electron chi connectivity index (χ2n) is 3.86. The summed E-state index contributed by atoms with van der Waals surface area (Å²) in [4.78, 5) is 11.5. The van der Waals surface area contributed by atoms with Gasteiger partial charge in [-0.25, -0.2) is 0 Å². The normalized spacial score (nSPS) is 38.4. The standard InChI is InChI=1S/C10H13NO2/c11-5-4-7-6-8-9(12)2-1-3-10(8)13-7/h7-8,10H,1-4,6H2/t7-,8+,10+/m0/s1. The van der Waals surface area contributed by atoms with E-state index in [9.17, 15) is 4.79 Å². The van der Waals surface area contributed by atoms with Crippen LogP contribution in [0.1, 0.15) is 32.1 Å². The molecule has 3 nitrogen and oxygen atoms in total. The number of hydrogen-bond donors (Lipinski definition) is 0. The average Bonchev–Trinajstić information content (AvgIpc) is 2.49. The first-order valence-electron chi connectivity index (χ1n) is 4.86. The molecule has 0 radical (unpaired) electrons. The van der Waals surface area contributed by atoms with Gasteiger partial charge in [0.2, 0.25) is 0 Å². The number of ether oxygens (including phenoxy) is 1. The molecule has 1 aliphatic heterocycles. The van der Waals surface area contributed by atoms with Crippen LogP contribution in [-0.4, -0.2) is 18.0 Å². The molecule has 1 aliphatic carbocycles. The Morgan fingerprint density at radius 2 is 2.46 bits per heavy atom. The van der Waals surface area contributed by atoms with E-state index in [1.165, 1.54) is 0 Å². The van der Waals surface area contributed by atoms with Crippen molar-refractivity contribution >= 4 is 5.78 Å². The molecule has 0 unspecified atom stereocenters. The zero-order valence-electron chi connectivity index (χ0n) is 7.53. The first-order valence-corrected chi connectivity index (χ1v) is 4.86. The lowest BCUT2D eigenvalue weighted by Crippen LogP contribution is -2.28. The highest BCUT2D eigenvalue weighted by Gasteiger charge is 2.41. The Bertz CT molecular complexity index is 256. The minimum atomic E-state index is 0.0158. The smallest absolute Gasteiger partial charge is 0.138 e. The Morgan fingerprint density at radius 1 is 1.62 bits per heavy atom. The quantitative estimate of drug-likeness (QED) is 0.611. The van der Waals surface area contributed by atoms with Gasteiger partial charge in [0.25, 0.3) is 0 Å². The third kappa shape index (κ3) is 1.59. The van der Waals surface area contributed by atoms with Gasteiger partial charge < -0.3 is 4.74 Å². The number of nitriles is 1. The molecule has 0 aromatic carbocycles. The number of fused-ring (bicyclic) bond motifs is 1. The van der Waals surface area contributed by atoms with Crippen LogP contribution >= 0.6 is 0 Å². The van der Waals surface area contributed by atoms with E-state index in [0.717, 1.165) is 19.3 Å². The Hall–Kier alpha value is -0.880. The van der Waals surface area contributed by atoms with Crippen LogP contribution in [-0.2, 0) is 9.53 Å². The Morgan fingerprint density at radius 3 is 3.15 bits per heavy atom. The monoisotopic (exact) mass is 179 g/mol. The molecule has 13 heavy (non-hydrogen) atoms. The van der Waals surface area contributed by atoms with Gasteiger partial charge in [-0.1, -0.05) is 0 Å². The summed E-state index contributed by atoms with van der Waals surface area (Å²) in [6.45, 7) is 0. The van der Waals surface area contributed by atoms with Crippen LogP contribution in [0.25, 0.3) is 0 Å². The number of rotatable bonds is 1. The summed E-state index contributed by atoms with van der Waals surface area (Å²) in [6, 6.07) is 2.10. The lowest BCUT2D eigenvalue weighted by Gasteiger charge is -2.21. The van der Waals surface area contributed by atoms with Crippen molar-refractivity contribution in [2.75, 3.05) is 0 Å². The second-order valence-corrected chi connectivity index (χ2v) is 3.86. The predicted molar refractivity (Wildman–Crippen MR) is 45.9 cm³/mol. The van der Waals surface area contributed by atoms with Crippen molar-refractivity contribution in [2.45, 2.75) is 44.3 Å². The molecule has 70 valence electrons. The van der Waals surface area contributed by atoms with Gasteiger partial charge in [-0.2, -0.15) is 5.26 Å². The fourth-order valence-corrected chi connectivity index (χ4v) is 2.34. The maximum Gasteiger partial charge on any atom is 0.138 e. The van der Waals surface area contributed by atoms with Crippen molar-refractivity contribution in [3.8, 4) is 6.07 Å². The van der Waals surface area contributed by atoms with Crippen LogP contribution in [0.4, 0.5) is 0 Å². The molecule has 2 fully saturated rings. The van der Waals surface area contributed by atoms with Crippen molar-refractivity contribution < 1.29 is 9.53 Å². The van der Waals surface area contributed by atoms with E-state index in [1.54, 1.807) is 0 Å². The average molecular weight is 179 g/mol. The van der Waals surface area contributed by atoms with Gasteiger partial charge in [-0.05, 0) is 19.3 Å². The molecule has 0 amide bonds. The molecule has 0 aromatic rings. The van der Waals surface area contributed by atoms with Crippen molar-refractivity contribution in [2.24, 2.45) is 5.92 Å². The van der Waals surface area contributed by atoms with Gasteiger partial charge in [-0.15, -0.1) is 0 Å². The van der Waals surface area contributed by atoms with Gasteiger partial charge in [0.15, 0.2) is 0 Å². The number of carbonyl (C=O) groups is 1. The molecule has 0 bridgehead atoms. The first kappa shape index (κ1) is 8.71. The van der Waals surface area contributed by atoms with Gasteiger partial charge in [0.1, 0.15) is 5.78 Å². The van der Waals surface area contributed by atoms with Crippen LogP contribution in [0.2, 0.25) is 0 Å². The summed E-state index contributed by atoms with van der Waals surface area (Å²) in [6.07, 6.45) is 4.01. The first-order chi connectivity index (χ1) is 6.31. The van der Waals surface area contributed by atoms with Crippen molar-refractivity contribution in [3.63, 3.8) is 0 Å². The summed E-state index contributed by atoms with van der Waals surface area (Å²) in [5.74, 6) is 0.448. The maximum absolute atomic E-state index is 11.5. The third-order valence-corrected chi connectivity index (χ3v) is 2.98. The zero-order chi connectivity index (χ0) is 9.26. The summed E-state index contributed by atoms with van der Waals surface area (Å²) in [5.41, 5.74) is 0. The largest absolute Gasteiger partial charge is 0.373 e. The van der Waals surface area contributed by atoms with E-state index < -0.39 is 0 Å². The van der Waals surface area contributed by atoms with E-state index in [4.69, 9.17) is 10.00 Å². The van der Waals surface area contributed by atoms with Crippen molar-refractivity contribution in [3.05, 3.63) is 0 Å². The highest BCUT2D eigenvalue weighted by molar-refractivity contribution is 5.82. The fourth-order valence-electron chi connectivity index (χ4n) is 2.34. The third-order valence-electron chi connectivity index (χ3n) is 2.98. The number of Topliss-reactive ketones (excluding diaryl/α,β-unsaturated/α-hetero) is 1. The van der Waals surface area contributed by atoms with Gasteiger partial charge in [-0.3, -0.25) is 4.79 Å². The second kappa shape index (κ2) is 3.47.